The molecule has 0 aliphatic heterocycles. The van der Waals surface area contributed by atoms with Gasteiger partial charge in [0.15, 0.2) is 0 Å². The van der Waals surface area contributed by atoms with Gasteiger partial charge in [-0.05, 0) is 18.3 Å². The Morgan fingerprint density at radius 1 is 1.39 bits per heavy atom. The van der Waals surface area contributed by atoms with Gasteiger partial charge in [0, 0.05) is 18.9 Å². The van der Waals surface area contributed by atoms with Crippen LogP contribution in [-0.4, -0.2) is 16.1 Å². The first kappa shape index (κ1) is 13.5. The highest BCUT2D eigenvalue weighted by Crippen LogP contribution is 2.34. The Kier molecular flexibility index (Phi) is 4.32. The van der Waals surface area contributed by atoms with Gasteiger partial charge in [-0.3, -0.25) is 4.57 Å². The normalized spacial score (nSPS) is 19.3. The molecule has 0 radical (unpaired) electrons. The van der Waals surface area contributed by atoms with Gasteiger partial charge in [-0.25, -0.2) is 4.98 Å². The standard InChI is InChI=1S/C13H21F2N3/c1-13(5-3-2-4-6-13)10-16-9-11-17-7-8-18(11)12(14)15/h7-8,12,16H,2-6,9-10H2,1H3. The Hall–Kier alpha value is -0.970. The first-order valence-corrected chi connectivity index (χ1v) is 6.61. The van der Waals surface area contributed by atoms with Crippen LogP contribution in [-0.2, 0) is 6.54 Å². The minimum atomic E-state index is -2.51. The van der Waals surface area contributed by atoms with Crippen molar-refractivity contribution in [1.82, 2.24) is 14.9 Å². The topological polar surface area (TPSA) is 29.9 Å². The highest BCUT2D eigenvalue weighted by molar-refractivity contribution is 4.93. The smallest absolute Gasteiger partial charge is 0.309 e. The minimum Gasteiger partial charge on any atom is -0.309 e. The van der Waals surface area contributed by atoms with Gasteiger partial charge in [0.2, 0.25) is 0 Å². The molecule has 0 amide bonds. The van der Waals surface area contributed by atoms with Crippen molar-refractivity contribution in [3.63, 3.8) is 0 Å². The molecule has 0 aromatic carbocycles. The second-order valence-electron chi connectivity index (χ2n) is 5.50. The summed E-state index contributed by atoms with van der Waals surface area (Å²) in [5.41, 5.74) is 0.320. The van der Waals surface area contributed by atoms with Crippen LogP contribution in [0.3, 0.4) is 0 Å². The van der Waals surface area contributed by atoms with E-state index >= 15 is 0 Å². The van der Waals surface area contributed by atoms with Crippen LogP contribution in [0.25, 0.3) is 0 Å². The predicted octanol–water partition coefficient (Wildman–Crippen LogP) is 3.34. The highest BCUT2D eigenvalue weighted by atomic mass is 19.3. The van der Waals surface area contributed by atoms with Crippen LogP contribution in [0.4, 0.5) is 8.78 Å². The van der Waals surface area contributed by atoms with Crippen molar-refractivity contribution in [2.24, 2.45) is 5.41 Å². The van der Waals surface area contributed by atoms with E-state index in [0.29, 0.717) is 17.8 Å². The first-order chi connectivity index (χ1) is 8.61. The maximum absolute atomic E-state index is 12.6. The number of rotatable bonds is 5. The number of nitrogens with zero attached hydrogens (tertiary/aromatic N) is 2. The molecule has 18 heavy (non-hydrogen) atoms. The number of imidazole rings is 1. The molecule has 5 heteroatoms. The number of alkyl halides is 2. The van der Waals surface area contributed by atoms with E-state index in [0.717, 1.165) is 11.1 Å². The van der Waals surface area contributed by atoms with Crippen molar-refractivity contribution in [1.29, 1.82) is 0 Å². The van der Waals surface area contributed by atoms with Crippen molar-refractivity contribution in [3.8, 4) is 0 Å². The highest BCUT2D eigenvalue weighted by Gasteiger charge is 2.26. The summed E-state index contributed by atoms with van der Waals surface area (Å²) >= 11 is 0. The maximum atomic E-state index is 12.6. The molecule has 1 aromatic heterocycles. The van der Waals surface area contributed by atoms with Gasteiger partial charge in [-0.1, -0.05) is 26.2 Å². The molecule has 0 saturated heterocycles. The fraction of sp³-hybridized carbons (Fsp3) is 0.769. The lowest BCUT2D eigenvalue weighted by atomic mass is 9.76. The quantitative estimate of drug-likeness (QED) is 0.876. The Morgan fingerprint density at radius 2 is 2.11 bits per heavy atom. The second-order valence-corrected chi connectivity index (χ2v) is 5.50. The third-order valence-electron chi connectivity index (χ3n) is 3.85. The molecule has 2 rings (SSSR count). The number of hydrogen-bond donors (Lipinski definition) is 1. The predicted molar refractivity (Wildman–Crippen MR) is 66.4 cm³/mol. The van der Waals surface area contributed by atoms with Crippen LogP contribution >= 0.6 is 0 Å². The van der Waals surface area contributed by atoms with Crippen LogP contribution in [0.5, 0.6) is 0 Å². The molecule has 1 N–H and O–H groups in total. The van der Waals surface area contributed by atoms with Gasteiger partial charge in [-0.2, -0.15) is 8.78 Å². The molecule has 1 saturated carbocycles. The van der Waals surface area contributed by atoms with Gasteiger partial charge < -0.3 is 5.32 Å². The van der Waals surface area contributed by atoms with Crippen molar-refractivity contribution in [2.45, 2.75) is 52.1 Å². The molecule has 0 spiro atoms. The molecule has 102 valence electrons. The Bertz CT molecular complexity index is 370. The third-order valence-corrected chi connectivity index (χ3v) is 3.85. The SMILES string of the molecule is CC1(CNCc2nccn2C(F)F)CCCCC1. The van der Waals surface area contributed by atoms with Crippen molar-refractivity contribution in [3.05, 3.63) is 18.2 Å². The molecule has 0 atom stereocenters. The Labute approximate surface area is 107 Å². The van der Waals surface area contributed by atoms with Gasteiger partial charge in [0.1, 0.15) is 5.82 Å². The van der Waals surface area contributed by atoms with E-state index < -0.39 is 6.55 Å². The molecule has 1 aliphatic carbocycles. The van der Waals surface area contributed by atoms with E-state index in [1.807, 2.05) is 0 Å². The van der Waals surface area contributed by atoms with Crippen molar-refractivity contribution >= 4 is 0 Å². The summed E-state index contributed by atoms with van der Waals surface area (Å²) in [4.78, 5) is 3.96. The summed E-state index contributed by atoms with van der Waals surface area (Å²) in [6.07, 6.45) is 9.08. The number of aromatic nitrogens is 2. The van der Waals surface area contributed by atoms with Gasteiger partial charge >= 0.3 is 6.55 Å². The molecule has 1 aliphatic rings. The van der Waals surface area contributed by atoms with E-state index in [1.54, 1.807) is 0 Å². The van der Waals surface area contributed by atoms with Crippen molar-refractivity contribution in [2.75, 3.05) is 6.54 Å². The first-order valence-electron chi connectivity index (χ1n) is 6.61. The molecule has 1 fully saturated rings. The average molecular weight is 257 g/mol. The Balaban J connectivity index is 1.82. The second kappa shape index (κ2) is 5.78. The Morgan fingerprint density at radius 3 is 2.78 bits per heavy atom. The lowest BCUT2D eigenvalue weighted by Crippen LogP contribution is -2.33. The summed E-state index contributed by atoms with van der Waals surface area (Å²) < 4.78 is 26.1. The monoisotopic (exact) mass is 257 g/mol. The number of nitrogens with one attached hydrogen (secondary N) is 1. The maximum Gasteiger partial charge on any atom is 0.319 e. The largest absolute Gasteiger partial charge is 0.319 e. The van der Waals surface area contributed by atoms with E-state index in [1.165, 1.54) is 44.5 Å². The molecule has 0 unspecified atom stereocenters. The lowest BCUT2D eigenvalue weighted by Gasteiger charge is -2.33. The van der Waals surface area contributed by atoms with Crippen LogP contribution in [0.15, 0.2) is 12.4 Å². The van der Waals surface area contributed by atoms with Crippen LogP contribution in [0.2, 0.25) is 0 Å². The summed E-state index contributed by atoms with van der Waals surface area (Å²) in [6, 6.07) is 0. The number of hydrogen-bond acceptors (Lipinski definition) is 2. The van der Waals surface area contributed by atoms with Crippen LogP contribution in [0.1, 0.15) is 51.4 Å². The summed E-state index contributed by atoms with van der Waals surface area (Å²) in [5.74, 6) is 0.407. The zero-order chi connectivity index (χ0) is 13.0. The summed E-state index contributed by atoms with van der Waals surface area (Å²) in [6.45, 7) is 1.06. The molecule has 1 aromatic rings. The molecular weight excluding hydrogens is 236 g/mol. The lowest BCUT2D eigenvalue weighted by molar-refractivity contribution is 0.0664. The summed E-state index contributed by atoms with van der Waals surface area (Å²) in [5, 5.41) is 3.28. The van der Waals surface area contributed by atoms with Gasteiger partial charge in [0.05, 0.1) is 6.54 Å². The minimum absolute atomic E-state index is 0.320. The molecule has 0 bridgehead atoms. The van der Waals surface area contributed by atoms with E-state index in [4.69, 9.17) is 0 Å². The van der Waals surface area contributed by atoms with Crippen LogP contribution < -0.4 is 5.32 Å². The zero-order valence-corrected chi connectivity index (χ0v) is 10.8. The van der Waals surface area contributed by atoms with Gasteiger partial charge in [0.25, 0.3) is 0 Å². The van der Waals surface area contributed by atoms with E-state index in [9.17, 15) is 8.78 Å². The average Bonchev–Trinajstić information content (AvgIpc) is 2.78. The number of halogens is 2. The fourth-order valence-corrected chi connectivity index (χ4v) is 2.72. The van der Waals surface area contributed by atoms with Gasteiger partial charge in [-0.15, -0.1) is 0 Å². The van der Waals surface area contributed by atoms with Crippen molar-refractivity contribution < 1.29 is 8.78 Å². The van der Waals surface area contributed by atoms with Crippen LogP contribution in [0, 0.1) is 5.41 Å². The molecule has 3 nitrogen and oxygen atoms in total. The third kappa shape index (κ3) is 3.28. The fourth-order valence-electron chi connectivity index (χ4n) is 2.72. The van der Waals surface area contributed by atoms with E-state index in [-0.39, 0.29) is 0 Å². The summed E-state index contributed by atoms with van der Waals surface area (Å²) in [7, 11) is 0. The molecule has 1 heterocycles. The molecular formula is C13H21F2N3. The zero-order valence-electron chi connectivity index (χ0n) is 10.8. The van der Waals surface area contributed by atoms with E-state index in [2.05, 4.69) is 17.2 Å².